The van der Waals surface area contributed by atoms with E-state index in [4.69, 9.17) is 0 Å². The Kier molecular flexibility index (Phi) is 4.17. The lowest BCUT2D eigenvalue weighted by Crippen LogP contribution is -2.03. The summed E-state index contributed by atoms with van der Waals surface area (Å²) in [5.74, 6) is 2.70. The van der Waals surface area contributed by atoms with E-state index >= 15 is 0 Å². The Morgan fingerprint density at radius 3 is 2.50 bits per heavy atom. The number of rotatable bonds is 2. The number of allylic oxidation sites excluding steroid dienone is 2. The molecular formula is C8H13NS. The quantitative estimate of drug-likeness (QED) is 0.356. The van der Waals surface area contributed by atoms with E-state index in [1.807, 2.05) is 26.0 Å². The average Bonchev–Trinajstić information content (AvgIpc) is 1.78. The number of nitrogens with zero attached hydrogens (tertiary/aromatic N) is 1. The van der Waals surface area contributed by atoms with E-state index in [0.29, 0.717) is 0 Å². The fourth-order valence-electron chi connectivity index (χ4n) is 0.401. The molecule has 0 radical (unpaired) electrons. The van der Waals surface area contributed by atoms with Crippen LogP contribution in [0.15, 0.2) is 23.2 Å². The molecule has 0 aliphatic heterocycles. The molecule has 0 fully saturated rings. The number of aliphatic imine (C=N–C) groups is 1. The molecule has 0 aromatic heterocycles. The summed E-state index contributed by atoms with van der Waals surface area (Å²) in [4.78, 5) is 3.67. The summed E-state index contributed by atoms with van der Waals surface area (Å²) in [5, 5.41) is 0. The van der Waals surface area contributed by atoms with Gasteiger partial charge in [0.2, 0.25) is 0 Å². The highest BCUT2D eigenvalue weighted by Crippen LogP contribution is 2.12. The van der Waals surface area contributed by atoms with Crippen LogP contribution in [0.2, 0.25) is 0 Å². The average molecular weight is 155 g/mol. The maximum Gasteiger partial charge on any atom is 0.0372 e. The van der Waals surface area contributed by atoms with Crippen LogP contribution < -0.4 is 0 Å². The largest absolute Gasteiger partial charge is 0.246 e. The molecule has 2 heteroatoms. The van der Waals surface area contributed by atoms with Crippen molar-refractivity contribution in [3.63, 3.8) is 0 Å². The predicted octanol–water partition coefficient (Wildman–Crippen LogP) is 2.11. The lowest BCUT2D eigenvalue weighted by Gasteiger charge is -2.08. The van der Waals surface area contributed by atoms with Crippen molar-refractivity contribution in [3.8, 4) is 0 Å². The number of hydrogen-bond donors (Lipinski definition) is 1. The molecule has 0 aromatic rings. The van der Waals surface area contributed by atoms with E-state index in [0.717, 1.165) is 0 Å². The zero-order valence-corrected chi connectivity index (χ0v) is 7.52. The van der Waals surface area contributed by atoms with Gasteiger partial charge in [0.25, 0.3) is 0 Å². The molecular weight excluding hydrogens is 142 g/mol. The van der Waals surface area contributed by atoms with Crippen molar-refractivity contribution in [2.45, 2.75) is 18.6 Å². The third-order valence-electron chi connectivity index (χ3n) is 0.804. The zero-order chi connectivity index (χ0) is 8.04. The summed E-state index contributed by atoms with van der Waals surface area (Å²) < 4.78 is -0.0497. The van der Waals surface area contributed by atoms with Crippen molar-refractivity contribution in [1.82, 2.24) is 0 Å². The van der Waals surface area contributed by atoms with Gasteiger partial charge >= 0.3 is 0 Å². The van der Waals surface area contributed by atoms with Gasteiger partial charge in [-0.1, -0.05) is 12.2 Å². The minimum atomic E-state index is -0.0497. The third-order valence-corrected chi connectivity index (χ3v) is 0.953. The Balaban J connectivity index is 3.90. The molecule has 56 valence electrons. The first-order chi connectivity index (χ1) is 4.56. The smallest absolute Gasteiger partial charge is 0.0372 e. The maximum atomic E-state index is 4.29. The molecule has 0 heterocycles. The SMILES string of the molecule is CN=C=C/C=C\C(C)(C)S. The number of thiol groups is 1. The highest BCUT2D eigenvalue weighted by molar-refractivity contribution is 7.82. The van der Waals surface area contributed by atoms with Crippen LogP contribution in [-0.4, -0.2) is 17.7 Å². The molecule has 0 saturated carbocycles. The van der Waals surface area contributed by atoms with E-state index in [-0.39, 0.29) is 4.75 Å². The van der Waals surface area contributed by atoms with Crippen molar-refractivity contribution in [2.75, 3.05) is 7.05 Å². The molecule has 0 spiro atoms. The van der Waals surface area contributed by atoms with Crippen LogP contribution in [0.5, 0.6) is 0 Å². The van der Waals surface area contributed by atoms with Gasteiger partial charge in [-0.05, 0) is 25.8 Å². The molecule has 0 atom stereocenters. The fourth-order valence-corrected chi connectivity index (χ4v) is 0.487. The Labute approximate surface area is 68.0 Å². The van der Waals surface area contributed by atoms with Crippen LogP contribution in [0.1, 0.15) is 13.8 Å². The van der Waals surface area contributed by atoms with Crippen molar-refractivity contribution < 1.29 is 0 Å². The molecule has 10 heavy (non-hydrogen) atoms. The lowest BCUT2D eigenvalue weighted by molar-refractivity contribution is 0.909. The lowest BCUT2D eigenvalue weighted by atomic mass is 10.2. The summed E-state index contributed by atoms with van der Waals surface area (Å²) in [6, 6.07) is 0. The van der Waals surface area contributed by atoms with Gasteiger partial charge in [-0.15, -0.1) is 0 Å². The molecule has 0 saturated heterocycles. The second-order valence-corrected chi connectivity index (χ2v) is 3.68. The van der Waals surface area contributed by atoms with Gasteiger partial charge in [0, 0.05) is 11.8 Å². The topological polar surface area (TPSA) is 12.4 Å². The van der Waals surface area contributed by atoms with E-state index in [2.05, 4.69) is 23.5 Å². The summed E-state index contributed by atoms with van der Waals surface area (Å²) in [5.41, 5.74) is 0. The fraction of sp³-hybridized carbons (Fsp3) is 0.500. The summed E-state index contributed by atoms with van der Waals surface area (Å²) in [6.45, 7) is 4.03. The van der Waals surface area contributed by atoms with Crippen LogP contribution in [0.3, 0.4) is 0 Å². The van der Waals surface area contributed by atoms with E-state index in [1.54, 1.807) is 13.1 Å². The Morgan fingerprint density at radius 2 is 2.10 bits per heavy atom. The minimum absolute atomic E-state index is 0.0497. The Bertz CT molecular complexity index is 168. The van der Waals surface area contributed by atoms with Crippen LogP contribution in [0.4, 0.5) is 0 Å². The van der Waals surface area contributed by atoms with E-state index < -0.39 is 0 Å². The van der Waals surface area contributed by atoms with Gasteiger partial charge in [0.15, 0.2) is 0 Å². The summed E-state index contributed by atoms with van der Waals surface area (Å²) in [6.07, 6.45) is 5.63. The van der Waals surface area contributed by atoms with Gasteiger partial charge in [-0.2, -0.15) is 12.6 Å². The normalized spacial score (nSPS) is 11.2. The van der Waals surface area contributed by atoms with E-state index in [1.165, 1.54) is 0 Å². The van der Waals surface area contributed by atoms with Crippen LogP contribution in [0, 0.1) is 0 Å². The van der Waals surface area contributed by atoms with Gasteiger partial charge in [0.05, 0.1) is 0 Å². The second-order valence-electron chi connectivity index (χ2n) is 2.53. The minimum Gasteiger partial charge on any atom is -0.246 e. The van der Waals surface area contributed by atoms with Crippen molar-refractivity contribution in [1.29, 1.82) is 0 Å². The van der Waals surface area contributed by atoms with Crippen molar-refractivity contribution >= 4 is 18.5 Å². The third kappa shape index (κ3) is 7.54. The highest BCUT2D eigenvalue weighted by atomic mass is 32.1. The van der Waals surface area contributed by atoms with Crippen LogP contribution in [0.25, 0.3) is 0 Å². The highest BCUT2D eigenvalue weighted by Gasteiger charge is 2.02. The molecule has 1 nitrogen and oxygen atoms in total. The zero-order valence-electron chi connectivity index (χ0n) is 6.63. The standard InChI is InChI=1S/C8H13NS/c1-8(2,10)6-4-5-7-9-3/h4-6,10H,1-3H3/b6-4-. The molecule has 0 bridgehead atoms. The van der Waals surface area contributed by atoms with Crippen molar-refractivity contribution in [3.05, 3.63) is 18.2 Å². The first kappa shape index (κ1) is 9.54. The first-order valence-corrected chi connectivity index (χ1v) is 3.59. The summed E-state index contributed by atoms with van der Waals surface area (Å²) >= 11 is 4.29. The Hall–Kier alpha value is -0.460. The molecule has 0 N–H and O–H groups in total. The second kappa shape index (κ2) is 4.37. The monoisotopic (exact) mass is 155 g/mol. The van der Waals surface area contributed by atoms with Crippen LogP contribution in [-0.2, 0) is 0 Å². The Morgan fingerprint density at radius 1 is 1.50 bits per heavy atom. The van der Waals surface area contributed by atoms with Crippen molar-refractivity contribution in [2.24, 2.45) is 4.99 Å². The molecule has 0 amide bonds. The van der Waals surface area contributed by atoms with Gasteiger partial charge < -0.3 is 0 Å². The summed E-state index contributed by atoms with van der Waals surface area (Å²) in [7, 11) is 1.69. The van der Waals surface area contributed by atoms with Gasteiger partial charge in [-0.25, -0.2) is 4.99 Å². The maximum absolute atomic E-state index is 4.29. The first-order valence-electron chi connectivity index (χ1n) is 3.14. The van der Waals surface area contributed by atoms with Gasteiger partial charge in [-0.3, -0.25) is 0 Å². The number of hydrogen-bond acceptors (Lipinski definition) is 2. The molecule has 0 unspecified atom stereocenters. The van der Waals surface area contributed by atoms with Gasteiger partial charge in [0.1, 0.15) is 0 Å². The molecule has 0 aromatic carbocycles. The molecule has 0 rings (SSSR count). The molecule has 0 aliphatic carbocycles. The molecule has 0 aliphatic rings. The van der Waals surface area contributed by atoms with Crippen LogP contribution >= 0.6 is 12.6 Å². The van der Waals surface area contributed by atoms with E-state index in [9.17, 15) is 0 Å². The predicted molar refractivity (Wildman–Crippen MR) is 50.1 cm³/mol.